The van der Waals surface area contributed by atoms with E-state index in [1.165, 1.54) is 12.1 Å². The van der Waals surface area contributed by atoms with Gasteiger partial charge in [0, 0.05) is 12.8 Å². The number of phenolic OH excluding ortho intramolecular Hbond substituents is 1. The number of ketones is 1. The van der Waals surface area contributed by atoms with E-state index >= 15 is 0 Å². The van der Waals surface area contributed by atoms with Gasteiger partial charge in [0.05, 0.1) is 18.4 Å². The smallest absolute Gasteiger partial charge is 0.306 e. The van der Waals surface area contributed by atoms with Crippen molar-refractivity contribution in [3.8, 4) is 5.75 Å². The number of aliphatic carboxylic acids is 1. The summed E-state index contributed by atoms with van der Waals surface area (Å²) >= 11 is 0. The monoisotopic (exact) mass is 455 g/mol. The second-order valence-electron chi connectivity index (χ2n) is 7.73. The molecule has 0 saturated carbocycles. The van der Waals surface area contributed by atoms with Gasteiger partial charge in [0.15, 0.2) is 5.78 Å². The summed E-state index contributed by atoms with van der Waals surface area (Å²) in [5.74, 6) is -3.21. The Hall–Kier alpha value is -3.68. The van der Waals surface area contributed by atoms with Crippen molar-refractivity contribution < 1.29 is 34.1 Å². The summed E-state index contributed by atoms with van der Waals surface area (Å²) < 4.78 is 5.31. The number of benzene rings is 2. The molecular weight excluding hydrogens is 426 g/mol. The fourth-order valence-corrected chi connectivity index (χ4v) is 3.29. The molecule has 0 aromatic heterocycles. The molecule has 0 spiro atoms. The van der Waals surface area contributed by atoms with Crippen molar-refractivity contribution in [2.24, 2.45) is 5.92 Å². The number of carbonyl (C=O) groups is 4. The quantitative estimate of drug-likeness (QED) is 0.396. The SMILES string of the molecule is CCC(=O)[C@H](CCC(=O)O)NC(=O)[C@@H](CC(=O)OCc1ccccc1)Cc1ccc(O)cc1. The van der Waals surface area contributed by atoms with Crippen molar-refractivity contribution in [1.82, 2.24) is 5.32 Å². The third-order valence-corrected chi connectivity index (χ3v) is 5.15. The van der Waals surface area contributed by atoms with E-state index in [4.69, 9.17) is 9.84 Å². The fraction of sp³-hybridized carbons (Fsp3) is 0.360. The Morgan fingerprint density at radius 1 is 0.970 bits per heavy atom. The third kappa shape index (κ3) is 9.14. The van der Waals surface area contributed by atoms with Crippen LogP contribution in [0.25, 0.3) is 0 Å². The van der Waals surface area contributed by atoms with Crippen LogP contribution in [0.4, 0.5) is 0 Å². The van der Waals surface area contributed by atoms with Crippen LogP contribution in [-0.4, -0.2) is 39.9 Å². The van der Waals surface area contributed by atoms with E-state index in [1.54, 1.807) is 19.1 Å². The number of ether oxygens (including phenoxy) is 1. The number of esters is 1. The van der Waals surface area contributed by atoms with E-state index < -0.39 is 29.8 Å². The first-order valence-electron chi connectivity index (χ1n) is 10.8. The van der Waals surface area contributed by atoms with E-state index in [0.717, 1.165) is 5.56 Å². The number of carboxylic acids is 1. The van der Waals surface area contributed by atoms with Gasteiger partial charge in [-0.2, -0.15) is 0 Å². The Morgan fingerprint density at radius 3 is 2.24 bits per heavy atom. The average molecular weight is 456 g/mol. The molecule has 1 amide bonds. The maximum atomic E-state index is 13.0. The molecule has 33 heavy (non-hydrogen) atoms. The number of hydrogen-bond donors (Lipinski definition) is 3. The lowest BCUT2D eigenvalue weighted by Crippen LogP contribution is -2.44. The van der Waals surface area contributed by atoms with Gasteiger partial charge in [0.1, 0.15) is 12.4 Å². The number of phenols is 1. The minimum Gasteiger partial charge on any atom is -0.508 e. The zero-order valence-corrected chi connectivity index (χ0v) is 18.5. The van der Waals surface area contributed by atoms with Crippen molar-refractivity contribution >= 4 is 23.6 Å². The van der Waals surface area contributed by atoms with Gasteiger partial charge in [-0.05, 0) is 36.1 Å². The number of carboxylic acid groups (broad SMARTS) is 1. The summed E-state index contributed by atoms with van der Waals surface area (Å²) in [4.78, 5) is 48.7. The summed E-state index contributed by atoms with van der Waals surface area (Å²) in [6.45, 7) is 1.71. The van der Waals surface area contributed by atoms with Gasteiger partial charge in [-0.25, -0.2) is 0 Å². The van der Waals surface area contributed by atoms with Crippen molar-refractivity contribution in [3.05, 3.63) is 65.7 Å². The predicted molar refractivity (Wildman–Crippen MR) is 120 cm³/mol. The molecule has 2 aromatic carbocycles. The molecule has 0 heterocycles. The van der Waals surface area contributed by atoms with E-state index in [0.29, 0.717) is 5.56 Å². The molecule has 0 aliphatic heterocycles. The number of aromatic hydroxyl groups is 1. The molecule has 3 N–H and O–H groups in total. The number of Topliss-reactive ketones (excluding diaryl/α,β-unsaturated/α-hetero) is 1. The Labute approximate surface area is 192 Å². The number of rotatable bonds is 13. The van der Waals surface area contributed by atoms with Gasteiger partial charge in [0.25, 0.3) is 0 Å². The van der Waals surface area contributed by atoms with E-state index in [-0.39, 0.29) is 50.2 Å². The lowest BCUT2D eigenvalue weighted by atomic mass is 9.94. The van der Waals surface area contributed by atoms with Crippen molar-refractivity contribution in [2.45, 2.75) is 51.7 Å². The lowest BCUT2D eigenvalue weighted by molar-refractivity contribution is -0.148. The first-order valence-corrected chi connectivity index (χ1v) is 10.8. The molecule has 0 aliphatic rings. The van der Waals surface area contributed by atoms with Crippen LogP contribution in [0.15, 0.2) is 54.6 Å². The highest BCUT2D eigenvalue weighted by molar-refractivity contribution is 5.91. The van der Waals surface area contributed by atoms with Crippen LogP contribution in [0.2, 0.25) is 0 Å². The highest BCUT2D eigenvalue weighted by Gasteiger charge is 2.28. The largest absolute Gasteiger partial charge is 0.508 e. The van der Waals surface area contributed by atoms with Crippen LogP contribution in [0, 0.1) is 5.92 Å². The third-order valence-electron chi connectivity index (χ3n) is 5.15. The zero-order valence-electron chi connectivity index (χ0n) is 18.5. The molecule has 0 saturated heterocycles. The highest BCUT2D eigenvalue weighted by Crippen LogP contribution is 2.18. The predicted octanol–water partition coefficient (Wildman–Crippen LogP) is 3.01. The van der Waals surface area contributed by atoms with Gasteiger partial charge >= 0.3 is 11.9 Å². The summed E-state index contributed by atoms with van der Waals surface area (Å²) in [7, 11) is 0. The lowest BCUT2D eigenvalue weighted by Gasteiger charge is -2.21. The van der Waals surface area contributed by atoms with Crippen LogP contribution in [0.5, 0.6) is 5.75 Å². The highest BCUT2D eigenvalue weighted by atomic mass is 16.5. The molecule has 8 nitrogen and oxygen atoms in total. The standard InChI is InChI=1S/C25H29NO7/c1-2-22(28)21(12-13-23(29)30)26-25(32)19(14-17-8-10-20(27)11-9-17)15-24(31)33-16-18-6-4-3-5-7-18/h3-11,19,21,27H,2,12-16H2,1H3,(H,26,32)(H,29,30)/t19-,21+/m1/s1. The fourth-order valence-electron chi connectivity index (χ4n) is 3.29. The minimum atomic E-state index is -1.07. The molecule has 2 atom stereocenters. The van der Waals surface area contributed by atoms with Crippen molar-refractivity contribution in [3.63, 3.8) is 0 Å². The molecule has 0 aliphatic carbocycles. The second kappa shape index (κ2) is 13.0. The summed E-state index contributed by atoms with van der Waals surface area (Å²) in [6, 6.07) is 14.4. The minimum absolute atomic E-state index is 0.0296. The van der Waals surface area contributed by atoms with Crippen molar-refractivity contribution in [2.75, 3.05) is 0 Å². The topological polar surface area (TPSA) is 130 Å². The maximum Gasteiger partial charge on any atom is 0.306 e. The first kappa shape index (κ1) is 25.6. The Bertz CT molecular complexity index is 941. The molecule has 8 heteroatoms. The summed E-state index contributed by atoms with van der Waals surface area (Å²) in [5, 5.41) is 21.1. The number of amides is 1. The normalized spacial score (nSPS) is 12.4. The van der Waals surface area contributed by atoms with Crippen LogP contribution < -0.4 is 5.32 Å². The summed E-state index contributed by atoms with van der Waals surface area (Å²) in [6.07, 6.45) is -0.188. The second-order valence-corrected chi connectivity index (χ2v) is 7.73. The van der Waals surface area contributed by atoms with Crippen LogP contribution in [0.1, 0.15) is 43.7 Å². The molecule has 0 bridgehead atoms. The van der Waals surface area contributed by atoms with Gasteiger partial charge in [-0.3, -0.25) is 19.2 Å². The van der Waals surface area contributed by atoms with Crippen molar-refractivity contribution in [1.29, 1.82) is 0 Å². The van der Waals surface area contributed by atoms with Crippen LogP contribution in [0.3, 0.4) is 0 Å². The molecule has 0 fully saturated rings. The number of hydrogen-bond acceptors (Lipinski definition) is 6. The molecular formula is C25H29NO7. The van der Waals surface area contributed by atoms with Crippen LogP contribution >= 0.6 is 0 Å². The Morgan fingerprint density at radius 2 is 1.64 bits per heavy atom. The van der Waals surface area contributed by atoms with Crippen LogP contribution in [-0.2, 0) is 36.9 Å². The first-order chi connectivity index (χ1) is 15.8. The summed E-state index contributed by atoms with van der Waals surface area (Å²) in [5.41, 5.74) is 1.53. The average Bonchev–Trinajstić information content (AvgIpc) is 2.81. The molecule has 0 unspecified atom stereocenters. The molecule has 176 valence electrons. The van der Waals surface area contributed by atoms with E-state index in [1.807, 2.05) is 30.3 Å². The Balaban J connectivity index is 2.11. The van der Waals surface area contributed by atoms with Gasteiger partial charge < -0.3 is 20.3 Å². The van der Waals surface area contributed by atoms with E-state index in [2.05, 4.69) is 5.32 Å². The van der Waals surface area contributed by atoms with Gasteiger partial charge in [0.2, 0.25) is 5.91 Å². The maximum absolute atomic E-state index is 13.0. The Kier molecular flexibility index (Phi) is 10.1. The molecule has 2 aromatic rings. The number of carbonyl (C=O) groups excluding carboxylic acids is 3. The van der Waals surface area contributed by atoms with Gasteiger partial charge in [-0.15, -0.1) is 0 Å². The van der Waals surface area contributed by atoms with E-state index in [9.17, 15) is 24.3 Å². The molecule has 2 rings (SSSR count). The van der Waals surface area contributed by atoms with Gasteiger partial charge in [-0.1, -0.05) is 49.4 Å². The molecule has 0 radical (unpaired) electrons. The number of nitrogens with one attached hydrogen (secondary N) is 1. The zero-order chi connectivity index (χ0) is 24.2.